The molecule has 6 aliphatic rings. The van der Waals surface area contributed by atoms with Gasteiger partial charge in [0.15, 0.2) is 0 Å². The number of amides is 1. The van der Waals surface area contributed by atoms with Gasteiger partial charge in [-0.1, -0.05) is 98.1 Å². The van der Waals surface area contributed by atoms with Gasteiger partial charge in [0.2, 0.25) is 11.1 Å². The monoisotopic (exact) mass is 1100 g/mol. The Hall–Kier alpha value is -6.20. The van der Waals surface area contributed by atoms with E-state index in [1.54, 1.807) is 0 Å². The Labute approximate surface area is 471 Å². The first-order valence-electron chi connectivity index (χ1n) is 27.7. The number of carbonyl (C=O) groups excluding carboxylic acids is 2. The Bertz CT molecular complexity index is 3050. The van der Waals surface area contributed by atoms with Gasteiger partial charge in [0.1, 0.15) is 24.8 Å². The number of piperidine rings is 1. The summed E-state index contributed by atoms with van der Waals surface area (Å²) in [5.74, 6) is 2.05. The summed E-state index contributed by atoms with van der Waals surface area (Å²) >= 11 is 4.71. The predicted octanol–water partition coefficient (Wildman–Crippen LogP) is 9.42. The van der Waals surface area contributed by atoms with E-state index >= 15 is 0 Å². The topological polar surface area (TPSA) is 127 Å². The van der Waals surface area contributed by atoms with Crippen LogP contribution in [0, 0.1) is 0 Å². The smallest absolute Gasteiger partial charge is 0.318 e. The van der Waals surface area contributed by atoms with Crippen LogP contribution < -0.4 is 19.3 Å². The molecule has 78 heavy (non-hydrogen) atoms. The molecule has 0 bridgehead atoms. The average molecular weight is 1100 g/mol. The van der Waals surface area contributed by atoms with Crippen LogP contribution in [0.4, 0.5) is 11.6 Å². The number of hydrogen-bond acceptors (Lipinski definition) is 14. The minimum Gasteiger partial charge on any atom is -0.462 e. The molecule has 4 fully saturated rings. The van der Waals surface area contributed by atoms with Gasteiger partial charge in [-0.15, -0.1) is 12.4 Å². The number of anilines is 2. The number of ether oxygens (including phenoxy) is 2. The standard InChI is InChI=1S/C30H36N6O2.C28H35N5O.C3H3ClO.ClH/c1-3-28(37)35-14-16-36(17-15-35)29-26-19-34(18-23-10-6-9-22-8-4-5-12-25(22)23)20-27(26)31-30(32-29)38-21-24-11-7-13-33(24)2;1-31-14-8-12-23(31)20-34-28-29-26-19-32(17-22-11-7-10-21-9-3-4-13-24(21)22)18-25(26)27(30-28)33-15-5-2-6-16-33;1-2-3(4)5;/h3-6,8-10,12,24H,1,7,11,13-21H2,2H3;3-4,7,9-11,13,23H,2,5-6,8,12,14-20H2,1H3;2H,1H2;1H/t24-;23-;;/m00../s1. The van der Waals surface area contributed by atoms with Gasteiger partial charge in [-0.2, -0.15) is 19.9 Å². The Balaban J connectivity index is 0.000000173. The second kappa shape index (κ2) is 26.6. The van der Waals surface area contributed by atoms with Crippen LogP contribution in [0.15, 0.2) is 110 Å². The maximum atomic E-state index is 12.1. The molecule has 0 unspecified atom stereocenters. The number of likely N-dealkylation sites (tertiary alicyclic amines) is 2. The minimum atomic E-state index is -0.509. The van der Waals surface area contributed by atoms with Crippen molar-refractivity contribution in [2.24, 2.45) is 0 Å². The Morgan fingerprint density at radius 1 is 0.564 bits per heavy atom. The maximum absolute atomic E-state index is 12.1. The largest absolute Gasteiger partial charge is 0.462 e. The Morgan fingerprint density at radius 2 is 1.01 bits per heavy atom. The van der Waals surface area contributed by atoms with Gasteiger partial charge in [-0.25, -0.2) is 0 Å². The summed E-state index contributed by atoms with van der Waals surface area (Å²) < 4.78 is 12.4. The number of halogens is 2. The zero-order valence-electron chi connectivity index (χ0n) is 45.4. The van der Waals surface area contributed by atoms with Gasteiger partial charge in [0.25, 0.3) is 0 Å². The van der Waals surface area contributed by atoms with Crippen molar-refractivity contribution in [2.45, 2.75) is 96.3 Å². The first kappa shape index (κ1) is 56.5. The molecule has 0 saturated carbocycles. The SMILES string of the molecule is C=CC(=O)Cl.C=CC(=O)N1CCN(c2nc(OC[C@@H]3CCCN3C)nc3c2CN(Cc2cccc4ccccc24)C3)CC1.CN1CCC[C@H]1COc1nc2c(c(N3CCCCC3)n1)CN(Cc1cccc3ccccc13)C2.Cl. The minimum absolute atomic E-state index is 0. The molecule has 17 heteroatoms. The summed E-state index contributed by atoms with van der Waals surface area (Å²) in [5, 5.41) is 4.70. The zero-order chi connectivity index (χ0) is 53.3. The van der Waals surface area contributed by atoms with Crippen LogP contribution in [0.1, 0.15) is 78.6 Å². The number of likely N-dealkylation sites (N-methyl/N-ethyl adjacent to an activating group) is 2. The van der Waals surface area contributed by atoms with Crippen molar-refractivity contribution in [2.75, 3.05) is 89.5 Å². The highest BCUT2D eigenvalue weighted by molar-refractivity contribution is 6.66. The zero-order valence-corrected chi connectivity index (χ0v) is 47.0. The molecule has 4 saturated heterocycles. The van der Waals surface area contributed by atoms with Crippen LogP contribution in [0.25, 0.3) is 21.5 Å². The fourth-order valence-corrected chi connectivity index (χ4v) is 11.9. The van der Waals surface area contributed by atoms with E-state index in [1.807, 2.05) is 4.90 Å². The molecule has 0 aliphatic carbocycles. The van der Waals surface area contributed by atoms with Crippen LogP contribution in [-0.2, 0) is 48.9 Å². The first-order chi connectivity index (χ1) is 37.6. The fraction of sp³-hybridized carbons (Fsp3) is 0.443. The van der Waals surface area contributed by atoms with E-state index < -0.39 is 5.24 Å². The number of rotatable bonds is 14. The average Bonchev–Trinajstić information content (AvgIpc) is 4.31. The van der Waals surface area contributed by atoms with Crippen LogP contribution >= 0.6 is 24.0 Å². The van der Waals surface area contributed by atoms with E-state index in [4.69, 9.17) is 41.0 Å². The van der Waals surface area contributed by atoms with Crippen LogP contribution in [-0.4, -0.2) is 147 Å². The Morgan fingerprint density at radius 3 is 1.45 bits per heavy atom. The molecule has 4 aromatic carbocycles. The van der Waals surface area contributed by atoms with E-state index in [-0.39, 0.29) is 18.3 Å². The molecule has 412 valence electrons. The predicted molar refractivity (Wildman–Crippen MR) is 314 cm³/mol. The molecule has 1 amide bonds. The van der Waals surface area contributed by atoms with Gasteiger partial charge < -0.3 is 34.0 Å². The summed E-state index contributed by atoms with van der Waals surface area (Å²) in [6.07, 6.45) is 11.0. The van der Waals surface area contributed by atoms with Crippen molar-refractivity contribution in [1.29, 1.82) is 0 Å². The quantitative estimate of drug-likeness (QED) is 0.0759. The van der Waals surface area contributed by atoms with Gasteiger partial charge >= 0.3 is 12.0 Å². The van der Waals surface area contributed by atoms with Crippen LogP contribution in [0.3, 0.4) is 0 Å². The molecule has 6 aromatic rings. The van der Waals surface area contributed by atoms with Crippen molar-refractivity contribution in [3.05, 3.63) is 144 Å². The number of piperazine rings is 1. The molecule has 0 radical (unpaired) electrons. The van der Waals surface area contributed by atoms with Crippen molar-refractivity contribution in [3.63, 3.8) is 0 Å². The van der Waals surface area contributed by atoms with E-state index in [2.05, 4.69) is 142 Å². The Kier molecular flexibility index (Phi) is 19.3. The molecule has 6 aliphatic heterocycles. The number of nitrogens with zero attached hydrogens (tertiary/aromatic N) is 11. The number of allylic oxidation sites excluding steroid dienone is 1. The summed E-state index contributed by atoms with van der Waals surface area (Å²) in [5.41, 5.74) is 7.37. The molecule has 0 N–H and O–H groups in total. The van der Waals surface area contributed by atoms with Crippen molar-refractivity contribution in [1.82, 2.24) is 44.4 Å². The lowest BCUT2D eigenvalue weighted by Crippen LogP contribution is -2.48. The summed E-state index contributed by atoms with van der Waals surface area (Å²) in [7, 11) is 4.35. The van der Waals surface area contributed by atoms with Crippen molar-refractivity contribution >= 4 is 68.3 Å². The number of fused-ring (bicyclic) bond motifs is 4. The molecule has 0 spiro atoms. The molecular weight excluding hydrogens is 1020 g/mol. The second-order valence-electron chi connectivity index (χ2n) is 21.3. The highest BCUT2D eigenvalue weighted by Crippen LogP contribution is 2.36. The molecule has 2 atom stereocenters. The van der Waals surface area contributed by atoms with Crippen LogP contribution in [0.2, 0.25) is 0 Å². The molecule has 8 heterocycles. The number of carbonyl (C=O) groups is 2. The number of hydrogen-bond donors (Lipinski definition) is 0. The highest BCUT2D eigenvalue weighted by atomic mass is 35.5. The fourth-order valence-electron chi connectivity index (χ4n) is 11.9. The molecular formula is C61H75Cl2N11O4. The summed E-state index contributed by atoms with van der Waals surface area (Å²) in [6, 6.07) is 32.3. The number of benzene rings is 4. The lowest BCUT2D eigenvalue weighted by Gasteiger charge is -2.35. The van der Waals surface area contributed by atoms with Crippen LogP contribution in [0.5, 0.6) is 12.0 Å². The van der Waals surface area contributed by atoms with Gasteiger partial charge in [0.05, 0.1) is 11.4 Å². The molecule has 2 aromatic heterocycles. The van der Waals surface area contributed by atoms with Gasteiger partial charge in [-0.05, 0) is 129 Å². The number of aromatic nitrogens is 4. The third kappa shape index (κ3) is 13.6. The maximum Gasteiger partial charge on any atom is 0.318 e. The first-order valence-corrected chi connectivity index (χ1v) is 28.0. The third-order valence-corrected chi connectivity index (χ3v) is 16.3. The lowest BCUT2D eigenvalue weighted by molar-refractivity contribution is -0.126. The van der Waals surface area contributed by atoms with E-state index in [0.29, 0.717) is 50.4 Å². The molecule has 12 rings (SSSR count). The van der Waals surface area contributed by atoms with Gasteiger partial charge in [-0.3, -0.25) is 19.4 Å². The van der Waals surface area contributed by atoms with Crippen molar-refractivity contribution in [3.8, 4) is 12.0 Å². The second-order valence-corrected chi connectivity index (χ2v) is 21.7. The highest BCUT2D eigenvalue weighted by Gasteiger charge is 2.33. The third-order valence-electron chi connectivity index (χ3n) is 16.2. The summed E-state index contributed by atoms with van der Waals surface area (Å²) in [6.45, 7) is 20.3. The van der Waals surface area contributed by atoms with E-state index in [9.17, 15) is 9.59 Å². The normalized spacial score (nSPS) is 19.6. The molecule has 15 nitrogen and oxygen atoms in total. The summed E-state index contributed by atoms with van der Waals surface area (Å²) in [4.78, 5) is 57.7. The van der Waals surface area contributed by atoms with Gasteiger partial charge in [0, 0.05) is 102 Å². The van der Waals surface area contributed by atoms with E-state index in [1.165, 1.54) is 88.4 Å². The van der Waals surface area contributed by atoms with E-state index in [0.717, 1.165) is 114 Å². The van der Waals surface area contributed by atoms with Crippen molar-refractivity contribution < 1.29 is 19.1 Å². The lowest BCUT2D eigenvalue weighted by atomic mass is 10.0.